The molecular formula is C21H27N7O2S. The lowest BCUT2D eigenvalue weighted by Gasteiger charge is -2.20. The standard InChI is InChI=1S/C21H27N7O2S/c1-14-15(2)26-27(3)20(14)24-19-7-8-22-21(25-19)23-16-11-17(28-9-5-6-10-28)13-18(12-16)31(4,29)30/h7-8,11-13H,5-6,9-10H2,1-4H3,(H2,22,23,24,25). The van der Waals surface area contributed by atoms with Gasteiger partial charge in [-0.1, -0.05) is 0 Å². The molecule has 1 aromatic carbocycles. The molecule has 0 radical (unpaired) electrons. The third-order valence-corrected chi connectivity index (χ3v) is 6.56. The summed E-state index contributed by atoms with van der Waals surface area (Å²) in [4.78, 5) is 11.3. The molecule has 0 unspecified atom stereocenters. The van der Waals surface area contributed by atoms with Crippen molar-refractivity contribution in [2.45, 2.75) is 31.6 Å². The Morgan fingerprint density at radius 3 is 2.45 bits per heavy atom. The highest BCUT2D eigenvalue weighted by molar-refractivity contribution is 7.90. The van der Waals surface area contributed by atoms with Crippen molar-refractivity contribution in [3.8, 4) is 0 Å². The molecule has 164 valence electrons. The van der Waals surface area contributed by atoms with E-state index in [2.05, 4.69) is 30.6 Å². The fourth-order valence-electron chi connectivity index (χ4n) is 3.71. The summed E-state index contributed by atoms with van der Waals surface area (Å²) >= 11 is 0. The monoisotopic (exact) mass is 441 g/mol. The van der Waals surface area contributed by atoms with Crippen LogP contribution in [-0.2, 0) is 16.9 Å². The van der Waals surface area contributed by atoms with Gasteiger partial charge in [0, 0.05) is 49.5 Å². The number of rotatable bonds is 6. The zero-order chi connectivity index (χ0) is 22.2. The van der Waals surface area contributed by atoms with Crippen LogP contribution in [0.1, 0.15) is 24.1 Å². The summed E-state index contributed by atoms with van der Waals surface area (Å²) < 4.78 is 26.2. The molecule has 9 nitrogen and oxygen atoms in total. The van der Waals surface area contributed by atoms with Crippen molar-refractivity contribution in [2.75, 3.05) is 34.9 Å². The van der Waals surface area contributed by atoms with Crippen molar-refractivity contribution >= 4 is 38.8 Å². The van der Waals surface area contributed by atoms with Crippen LogP contribution >= 0.6 is 0 Å². The van der Waals surface area contributed by atoms with Gasteiger partial charge in [0.2, 0.25) is 5.95 Å². The minimum absolute atomic E-state index is 0.273. The second kappa shape index (κ2) is 8.18. The van der Waals surface area contributed by atoms with Crippen LogP contribution < -0.4 is 15.5 Å². The van der Waals surface area contributed by atoms with Gasteiger partial charge in [-0.25, -0.2) is 13.4 Å². The highest BCUT2D eigenvalue weighted by atomic mass is 32.2. The molecule has 3 aromatic rings. The molecule has 0 spiro atoms. The number of nitrogens with one attached hydrogen (secondary N) is 2. The van der Waals surface area contributed by atoms with E-state index < -0.39 is 9.84 Å². The van der Waals surface area contributed by atoms with E-state index in [-0.39, 0.29) is 4.90 Å². The summed E-state index contributed by atoms with van der Waals surface area (Å²) in [5.74, 6) is 1.85. The van der Waals surface area contributed by atoms with Crippen molar-refractivity contribution in [1.29, 1.82) is 0 Å². The second-order valence-corrected chi connectivity index (χ2v) is 9.90. The summed E-state index contributed by atoms with van der Waals surface area (Å²) in [5, 5.41) is 10.9. The quantitative estimate of drug-likeness (QED) is 0.600. The van der Waals surface area contributed by atoms with E-state index in [0.717, 1.165) is 48.7 Å². The van der Waals surface area contributed by atoms with E-state index in [9.17, 15) is 8.42 Å². The molecule has 0 amide bonds. The van der Waals surface area contributed by atoms with Crippen LogP contribution in [-0.4, -0.2) is 47.5 Å². The molecule has 10 heteroatoms. The van der Waals surface area contributed by atoms with Crippen LogP contribution in [0.4, 0.5) is 29.0 Å². The Morgan fingerprint density at radius 1 is 1.06 bits per heavy atom. The van der Waals surface area contributed by atoms with E-state index in [1.807, 2.05) is 27.0 Å². The first-order valence-corrected chi connectivity index (χ1v) is 12.1. The number of hydrogen-bond donors (Lipinski definition) is 2. The molecule has 0 bridgehead atoms. The summed E-state index contributed by atoms with van der Waals surface area (Å²) in [5.41, 5.74) is 3.52. The highest BCUT2D eigenvalue weighted by Crippen LogP contribution is 2.29. The molecular weight excluding hydrogens is 414 g/mol. The molecule has 1 saturated heterocycles. The summed E-state index contributed by atoms with van der Waals surface area (Å²) in [6.07, 6.45) is 5.09. The Kier molecular flexibility index (Phi) is 5.57. The second-order valence-electron chi connectivity index (χ2n) is 7.88. The number of sulfone groups is 1. The maximum atomic E-state index is 12.2. The van der Waals surface area contributed by atoms with Crippen LogP contribution in [0.2, 0.25) is 0 Å². The van der Waals surface area contributed by atoms with Crippen LogP contribution in [0, 0.1) is 13.8 Å². The van der Waals surface area contributed by atoms with Crippen LogP contribution in [0.15, 0.2) is 35.4 Å². The first-order chi connectivity index (χ1) is 14.7. The third kappa shape index (κ3) is 4.63. The Labute approximate surface area is 182 Å². The Balaban J connectivity index is 1.63. The number of aromatic nitrogens is 4. The maximum Gasteiger partial charge on any atom is 0.229 e. The molecule has 31 heavy (non-hydrogen) atoms. The van der Waals surface area contributed by atoms with Crippen molar-refractivity contribution in [2.24, 2.45) is 7.05 Å². The van der Waals surface area contributed by atoms with Gasteiger partial charge in [0.15, 0.2) is 9.84 Å². The van der Waals surface area contributed by atoms with E-state index in [1.165, 1.54) is 6.26 Å². The van der Waals surface area contributed by atoms with Gasteiger partial charge in [0.1, 0.15) is 11.6 Å². The maximum absolute atomic E-state index is 12.2. The zero-order valence-corrected chi connectivity index (χ0v) is 19.0. The Morgan fingerprint density at radius 2 is 1.81 bits per heavy atom. The van der Waals surface area contributed by atoms with Gasteiger partial charge in [0.25, 0.3) is 0 Å². The van der Waals surface area contributed by atoms with Gasteiger partial charge in [-0.15, -0.1) is 0 Å². The number of nitrogens with zero attached hydrogens (tertiary/aromatic N) is 5. The number of hydrogen-bond acceptors (Lipinski definition) is 8. The largest absolute Gasteiger partial charge is 0.371 e. The fourth-order valence-corrected chi connectivity index (χ4v) is 4.38. The van der Waals surface area contributed by atoms with Gasteiger partial charge in [-0.3, -0.25) is 4.68 Å². The van der Waals surface area contributed by atoms with Crippen LogP contribution in [0.3, 0.4) is 0 Å². The molecule has 2 N–H and O–H groups in total. The zero-order valence-electron chi connectivity index (χ0n) is 18.2. The number of aryl methyl sites for hydroxylation is 2. The Bertz CT molecular complexity index is 1210. The molecule has 2 aromatic heterocycles. The molecule has 1 aliphatic rings. The summed E-state index contributed by atoms with van der Waals surface area (Å²) in [6, 6.07) is 7.07. The SMILES string of the molecule is Cc1nn(C)c(Nc2ccnc(Nc3cc(N4CCCC4)cc(S(C)(=O)=O)c3)n2)c1C. The lowest BCUT2D eigenvalue weighted by molar-refractivity contribution is 0.602. The minimum Gasteiger partial charge on any atom is -0.371 e. The smallest absolute Gasteiger partial charge is 0.229 e. The first kappa shape index (κ1) is 21.1. The van der Waals surface area contributed by atoms with Gasteiger partial charge in [-0.05, 0) is 51.0 Å². The topological polar surface area (TPSA) is 105 Å². The van der Waals surface area contributed by atoms with Gasteiger partial charge >= 0.3 is 0 Å². The summed E-state index contributed by atoms with van der Waals surface area (Å²) in [7, 11) is -1.48. The number of anilines is 5. The molecule has 0 aliphatic carbocycles. The normalized spacial score (nSPS) is 14.1. The average molecular weight is 442 g/mol. The minimum atomic E-state index is -3.36. The van der Waals surface area contributed by atoms with Crippen molar-refractivity contribution in [3.05, 3.63) is 41.7 Å². The van der Waals surface area contributed by atoms with E-state index in [1.54, 1.807) is 29.1 Å². The van der Waals surface area contributed by atoms with Crippen molar-refractivity contribution in [1.82, 2.24) is 19.7 Å². The van der Waals surface area contributed by atoms with Gasteiger partial charge in [0.05, 0.1) is 10.6 Å². The molecule has 3 heterocycles. The van der Waals surface area contributed by atoms with Gasteiger partial charge in [-0.2, -0.15) is 10.1 Å². The van der Waals surface area contributed by atoms with E-state index >= 15 is 0 Å². The Hall–Kier alpha value is -3.14. The predicted molar refractivity (Wildman–Crippen MR) is 122 cm³/mol. The number of benzene rings is 1. The molecule has 0 saturated carbocycles. The lowest BCUT2D eigenvalue weighted by atomic mass is 10.2. The van der Waals surface area contributed by atoms with E-state index in [0.29, 0.717) is 17.5 Å². The molecule has 1 aliphatic heterocycles. The highest BCUT2D eigenvalue weighted by Gasteiger charge is 2.17. The van der Waals surface area contributed by atoms with Gasteiger partial charge < -0.3 is 15.5 Å². The summed E-state index contributed by atoms with van der Waals surface area (Å²) in [6.45, 7) is 5.81. The molecule has 0 atom stereocenters. The first-order valence-electron chi connectivity index (χ1n) is 10.2. The molecule has 4 rings (SSSR count). The van der Waals surface area contributed by atoms with Crippen LogP contribution in [0.5, 0.6) is 0 Å². The molecule has 1 fully saturated rings. The van der Waals surface area contributed by atoms with Crippen molar-refractivity contribution < 1.29 is 8.42 Å². The fraction of sp³-hybridized carbons (Fsp3) is 0.381. The van der Waals surface area contributed by atoms with Crippen molar-refractivity contribution in [3.63, 3.8) is 0 Å². The van der Waals surface area contributed by atoms with E-state index in [4.69, 9.17) is 0 Å². The third-order valence-electron chi connectivity index (χ3n) is 5.47. The predicted octanol–water partition coefficient (Wildman–Crippen LogP) is 3.32. The van der Waals surface area contributed by atoms with Crippen LogP contribution in [0.25, 0.3) is 0 Å². The average Bonchev–Trinajstić information content (AvgIpc) is 3.32. The lowest BCUT2D eigenvalue weighted by Crippen LogP contribution is -2.18.